The maximum Gasteiger partial charge on any atom is 0.0766 e. The molecule has 1 N–H and O–H groups in total. The molecule has 104 valence electrons. The molecule has 1 atom stereocenters. The Labute approximate surface area is 123 Å². The van der Waals surface area contributed by atoms with Gasteiger partial charge in [-0.15, -0.1) is 0 Å². The number of halogens is 1. The van der Waals surface area contributed by atoms with Crippen molar-refractivity contribution in [3.63, 3.8) is 0 Å². The zero-order valence-electron chi connectivity index (χ0n) is 11.8. The van der Waals surface area contributed by atoms with E-state index in [4.69, 9.17) is 0 Å². The summed E-state index contributed by atoms with van der Waals surface area (Å²) in [6.45, 7) is 7.45. The standard InChI is InChI=1S/C13H24BrN3S/c1-5-11-13(14)12(17(6-2)16-11)8-10(15-4)9-18-7-3/h10,15H,5-9H2,1-4H3. The minimum absolute atomic E-state index is 0.512. The van der Waals surface area contributed by atoms with Crippen molar-refractivity contribution in [1.82, 2.24) is 15.1 Å². The van der Waals surface area contributed by atoms with E-state index in [1.807, 2.05) is 18.8 Å². The van der Waals surface area contributed by atoms with Crippen molar-refractivity contribution in [2.24, 2.45) is 0 Å². The third kappa shape index (κ3) is 4.00. The molecule has 18 heavy (non-hydrogen) atoms. The molecular formula is C13H24BrN3S. The van der Waals surface area contributed by atoms with Gasteiger partial charge in [0.1, 0.15) is 0 Å². The van der Waals surface area contributed by atoms with E-state index in [0.717, 1.165) is 25.1 Å². The van der Waals surface area contributed by atoms with E-state index < -0.39 is 0 Å². The highest BCUT2D eigenvalue weighted by molar-refractivity contribution is 9.10. The molecule has 0 saturated carbocycles. The minimum atomic E-state index is 0.512. The Morgan fingerprint density at radius 3 is 2.61 bits per heavy atom. The Morgan fingerprint density at radius 1 is 1.39 bits per heavy atom. The zero-order chi connectivity index (χ0) is 13.5. The van der Waals surface area contributed by atoms with E-state index in [-0.39, 0.29) is 0 Å². The van der Waals surface area contributed by atoms with Gasteiger partial charge in [-0.2, -0.15) is 16.9 Å². The van der Waals surface area contributed by atoms with Gasteiger partial charge in [0, 0.05) is 24.8 Å². The van der Waals surface area contributed by atoms with E-state index in [1.165, 1.54) is 21.6 Å². The lowest BCUT2D eigenvalue weighted by Crippen LogP contribution is -2.31. The molecular weight excluding hydrogens is 310 g/mol. The Hall–Kier alpha value is -0.0000000000000000763. The van der Waals surface area contributed by atoms with Crippen LogP contribution < -0.4 is 5.32 Å². The Bertz CT molecular complexity index is 365. The number of likely N-dealkylation sites (N-methyl/N-ethyl adjacent to an activating group) is 1. The molecule has 1 rings (SSSR count). The van der Waals surface area contributed by atoms with E-state index in [2.05, 4.69) is 51.8 Å². The lowest BCUT2D eigenvalue weighted by molar-refractivity contribution is 0.554. The fourth-order valence-electron chi connectivity index (χ4n) is 1.95. The van der Waals surface area contributed by atoms with Crippen LogP contribution in [0.4, 0.5) is 0 Å². The van der Waals surface area contributed by atoms with Crippen LogP contribution in [0.1, 0.15) is 32.2 Å². The van der Waals surface area contributed by atoms with Crippen molar-refractivity contribution in [2.75, 3.05) is 18.6 Å². The molecule has 0 aliphatic rings. The lowest BCUT2D eigenvalue weighted by atomic mass is 10.1. The lowest BCUT2D eigenvalue weighted by Gasteiger charge is -2.16. The highest BCUT2D eigenvalue weighted by Crippen LogP contribution is 2.24. The highest BCUT2D eigenvalue weighted by Gasteiger charge is 2.17. The molecule has 0 aliphatic carbocycles. The fourth-order valence-corrected chi connectivity index (χ4v) is 3.48. The molecule has 1 aromatic heterocycles. The number of hydrogen-bond donors (Lipinski definition) is 1. The molecule has 0 amide bonds. The van der Waals surface area contributed by atoms with Gasteiger partial charge >= 0.3 is 0 Å². The maximum atomic E-state index is 4.65. The molecule has 0 aliphatic heterocycles. The average molecular weight is 334 g/mol. The van der Waals surface area contributed by atoms with Crippen LogP contribution >= 0.6 is 27.7 Å². The molecule has 5 heteroatoms. The Morgan fingerprint density at radius 2 is 2.11 bits per heavy atom. The second-order valence-corrected chi connectivity index (χ2v) is 6.34. The summed E-state index contributed by atoms with van der Waals surface area (Å²) in [5, 5.41) is 8.06. The van der Waals surface area contributed by atoms with Crippen molar-refractivity contribution in [3.8, 4) is 0 Å². The Kier molecular flexibility index (Phi) is 7.34. The van der Waals surface area contributed by atoms with Crippen molar-refractivity contribution in [3.05, 3.63) is 15.9 Å². The molecule has 1 heterocycles. The first kappa shape index (κ1) is 16.1. The number of rotatable bonds is 8. The monoisotopic (exact) mass is 333 g/mol. The maximum absolute atomic E-state index is 4.65. The fraction of sp³-hybridized carbons (Fsp3) is 0.769. The summed E-state index contributed by atoms with van der Waals surface area (Å²) in [7, 11) is 2.04. The molecule has 0 aromatic carbocycles. The normalized spacial score (nSPS) is 12.9. The molecule has 1 aromatic rings. The van der Waals surface area contributed by atoms with Crippen LogP contribution in [-0.2, 0) is 19.4 Å². The largest absolute Gasteiger partial charge is 0.316 e. The minimum Gasteiger partial charge on any atom is -0.316 e. The predicted molar refractivity (Wildman–Crippen MR) is 84.5 cm³/mol. The summed E-state index contributed by atoms with van der Waals surface area (Å²) in [5.74, 6) is 2.32. The van der Waals surface area contributed by atoms with E-state index in [9.17, 15) is 0 Å². The van der Waals surface area contributed by atoms with E-state index in [1.54, 1.807) is 0 Å². The van der Waals surface area contributed by atoms with Crippen LogP contribution in [0.15, 0.2) is 4.47 Å². The molecule has 0 saturated heterocycles. The van der Waals surface area contributed by atoms with Gasteiger partial charge in [0.05, 0.1) is 15.9 Å². The summed E-state index contributed by atoms with van der Waals surface area (Å²) < 4.78 is 3.33. The van der Waals surface area contributed by atoms with Crippen LogP contribution in [0.3, 0.4) is 0 Å². The summed E-state index contributed by atoms with van der Waals surface area (Å²) in [6, 6.07) is 0.512. The third-order valence-electron chi connectivity index (χ3n) is 3.07. The van der Waals surface area contributed by atoms with Crippen LogP contribution in [0.25, 0.3) is 0 Å². The smallest absolute Gasteiger partial charge is 0.0766 e. The van der Waals surface area contributed by atoms with E-state index in [0.29, 0.717) is 6.04 Å². The van der Waals surface area contributed by atoms with Gasteiger partial charge in [0.2, 0.25) is 0 Å². The van der Waals surface area contributed by atoms with Gasteiger partial charge in [0.25, 0.3) is 0 Å². The topological polar surface area (TPSA) is 29.9 Å². The number of aromatic nitrogens is 2. The van der Waals surface area contributed by atoms with Crippen molar-refractivity contribution in [1.29, 1.82) is 0 Å². The molecule has 0 spiro atoms. The van der Waals surface area contributed by atoms with Crippen LogP contribution in [0, 0.1) is 0 Å². The van der Waals surface area contributed by atoms with Gasteiger partial charge in [0.15, 0.2) is 0 Å². The second-order valence-electron chi connectivity index (χ2n) is 4.23. The van der Waals surface area contributed by atoms with Gasteiger partial charge in [-0.1, -0.05) is 13.8 Å². The quantitative estimate of drug-likeness (QED) is 0.792. The van der Waals surface area contributed by atoms with Gasteiger partial charge in [-0.05, 0) is 42.1 Å². The predicted octanol–water partition coefficient (Wildman–Crippen LogP) is 3.11. The van der Waals surface area contributed by atoms with E-state index >= 15 is 0 Å². The van der Waals surface area contributed by atoms with Gasteiger partial charge in [-0.25, -0.2) is 0 Å². The first-order valence-corrected chi connectivity index (χ1v) is 8.61. The molecule has 0 bridgehead atoms. The summed E-state index contributed by atoms with van der Waals surface area (Å²) in [4.78, 5) is 0. The molecule has 0 radical (unpaired) electrons. The van der Waals surface area contributed by atoms with Crippen molar-refractivity contribution < 1.29 is 0 Å². The SMILES string of the molecule is CCSCC(Cc1c(Br)c(CC)nn1CC)NC. The second kappa shape index (κ2) is 8.23. The molecule has 3 nitrogen and oxygen atoms in total. The summed E-state index contributed by atoms with van der Waals surface area (Å²) in [6.07, 6.45) is 2.01. The number of thioether (sulfide) groups is 1. The zero-order valence-corrected chi connectivity index (χ0v) is 14.2. The van der Waals surface area contributed by atoms with Gasteiger partial charge in [-0.3, -0.25) is 4.68 Å². The number of hydrogen-bond acceptors (Lipinski definition) is 3. The third-order valence-corrected chi connectivity index (χ3v) is 5.03. The number of nitrogens with zero attached hydrogens (tertiary/aromatic N) is 2. The first-order valence-electron chi connectivity index (χ1n) is 6.66. The first-order chi connectivity index (χ1) is 8.67. The van der Waals surface area contributed by atoms with Crippen LogP contribution in [-0.4, -0.2) is 34.4 Å². The highest BCUT2D eigenvalue weighted by atomic mass is 79.9. The summed E-state index contributed by atoms with van der Waals surface area (Å²) in [5.41, 5.74) is 2.50. The average Bonchev–Trinajstić information content (AvgIpc) is 2.70. The van der Waals surface area contributed by atoms with Gasteiger partial charge < -0.3 is 5.32 Å². The van der Waals surface area contributed by atoms with Crippen molar-refractivity contribution >= 4 is 27.7 Å². The summed E-state index contributed by atoms with van der Waals surface area (Å²) >= 11 is 5.70. The number of aryl methyl sites for hydroxylation is 2. The van der Waals surface area contributed by atoms with Crippen LogP contribution in [0.2, 0.25) is 0 Å². The van der Waals surface area contributed by atoms with Crippen LogP contribution in [0.5, 0.6) is 0 Å². The Balaban J connectivity index is 2.83. The molecule has 0 fully saturated rings. The van der Waals surface area contributed by atoms with Crippen molar-refractivity contribution in [2.45, 2.75) is 46.2 Å². The number of nitrogens with one attached hydrogen (secondary N) is 1. The molecule has 1 unspecified atom stereocenters.